The van der Waals surface area contributed by atoms with Gasteiger partial charge in [0.25, 0.3) is 5.91 Å². The van der Waals surface area contributed by atoms with E-state index in [4.69, 9.17) is 4.74 Å². The summed E-state index contributed by atoms with van der Waals surface area (Å²) in [6, 6.07) is 8.01. The van der Waals surface area contributed by atoms with E-state index >= 15 is 0 Å². The topological polar surface area (TPSA) is 71.2 Å². The fourth-order valence-corrected chi connectivity index (χ4v) is 6.77. The van der Waals surface area contributed by atoms with Crippen LogP contribution in [0.4, 0.5) is 0 Å². The van der Waals surface area contributed by atoms with Crippen LogP contribution in [0.5, 0.6) is 0 Å². The third-order valence-electron chi connectivity index (χ3n) is 7.76. The minimum atomic E-state index is -0.368. The van der Waals surface area contributed by atoms with Crippen LogP contribution in [0, 0.1) is 23.2 Å². The number of para-hydroxylation sites is 1. The molecule has 154 valence electrons. The second kappa shape index (κ2) is 7.19. The van der Waals surface area contributed by atoms with Crippen LogP contribution in [0.3, 0.4) is 0 Å². The molecule has 4 saturated carbocycles. The Labute approximate surface area is 171 Å². The van der Waals surface area contributed by atoms with E-state index < -0.39 is 0 Å². The Morgan fingerprint density at radius 1 is 1.14 bits per heavy atom. The van der Waals surface area contributed by atoms with Gasteiger partial charge in [-0.1, -0.05) is 18.2 Å². The lowest BCUT2D eigenvalue weighted by Gasteiger charge is -2.59. The van der Waals surface area contributed by atoms with E-state index in [0.29, 0.717) is 0 Å². The number of esters is 1. The molecule has 0 saturated heterocycles. The van der Waals surface area contributed by atoms with Crippen molar-refractivity contribution in [1.29, 1.82) is 0 Å². The number of aromatic nitrogens is 1. The second-order valence-electron chi connectivity index (χ2n) is 9.77. The van der Waals surface area contributed by atoms with Gasteiger partial charge in [0.2, 0.25) is 0 Å². The van der Waals surface area contributed by atoms with Gasteiger partial charge in [-0.15, -0.1) is 0 Å². The van der Waals surface area contributed by atoms with Gasteiger partial charge in [0.05, 0.1) is 6.42 Å². The Balaban J connectivity index is 1.14. The first-order chi connectivity index (χ1) is 14.0. The number of hydrogen-bond acceptors (Lipinski definition) is 3. The van der Waals surface area contributed by atoms with Crippen molar-refractivity contribution in [1.82, 2.24) is 10.3 Å². The Morgan fingerprint density at radius 2 is 1.79 bits per heavy atom. The van der Waals surface area contributed by atoms with Gasteiger partial charge >= 0.3 is 5.97 Å². The molecule has 2 N–H and O–H groups in total. The molecule has 0 radical (unpaired) electrons. The summed E-state index contributed by atoms with van der Waals surface area (Å²) in [5.41, 5.74) is 2.16. The van der Waals surface area contributed by atoms with Crippen molar-refractivity contribution in [3.05, 3.63) is 36.0 Å². The number of amides is 1. The van der Waals surface area contributed by atoms with Crippen LogP contribution in [-0.4, -0.2) is 29.5 Å². The quantitative estimate of drug-likeness (QED) is 0.728. The summed E-state index contributed by atoms with van der Waals surface area (Å²) >= 11 is 0. The first kappa shape index (κ1) is 18.7. The van der Waals surface area contributed by atoms with Gasteiger partial charge < -0.3 is 15.0 Å². The van der Waals surface area contributed by atoms with E-state index in [1.165, 1.54) is 38.5 Å². The Kier molecular flexibility index (Phi) is 4.64. The lowest BCUT2D eigenvalue weighted by Crippen LogP contribution is -2.56. The summed E-state index contributed by atoms with van der Waals surface area (Å²) in [4.78, 5) is 27.9. The standard InChI is InChI=1S/C24H30N2O3/c1-15(24-10-16-6-17(11-24)8-18(7-16)12-24)26-22(27)14-29-23(28)9-19-13-25-21-5-3-2-4-20(19)21/h2-5,13,15-18,25H,6-12,14H2,1H3,(H,26,27)/t15-,16?,17?,18?,24?/m0/s1. The number of carbonyl (C=O) groups excluding carboxylic acids is 2. The first-order valence-electron chi connectivity index (χ1n) is 11.0. The molecule has 0 unspecified atom stereocenters. The average molecular weight is 395 g/mol. The Hall–Kier alpha value is -2.30. The van der Waals surface area contributed by atoms with E-state index in [1.807, 2.05) is 30.5 Å². The number of hydrogen-bond donors (Lipinski definition) is 2. The predicted molar refractivity (Wildman–Crippen MR) is 111 cm³/mol. The lowest BCUT2D eigenvalue weighted by molar-refractivity contribution is -0.148. The zero-order valence-corrected chi connectivity index (χ0v) is 17.1. The van der Waals surface area contributed by atoms with Crippen molar-refractivity contribution in [2.45, 2.75) is 57.9 Å². The predicted octanol–water partition coefficient (Wildman–Crippen LogP) is 3.97. The van der Waals surface area contributed by atoms with E-state index in [2.05, 4.69) is 17.2 Å². The average Bonchev–Trinajstić information content (AvgIpc) is 3.08. The molecule has 1 aromatic heterocycles. The van der Waals surface area contributed by atoms with E-state index in [9.17, 15) is 9.59 Å². The molecule has 1 heterocycles. The Morgan fingerprint density at radius 3 is 2.48 bits per heavy atom. The number of rotatable bonds is 6. The van der Waals surface area contributed by atoms with Crippen LogP contribution < -0.4 is 5.32 Å². The maximum Gasteiger partial charge on any atom is 0.310 e. The maximum atomic E-state index is 12.5. The normalized spacial score (nSPS) is 31.0. The molecule has 5 heteroatoms. The van der Waals surface area contributed by atoms with Crippen molar-refractivity contribution < 1.29 is 14.3 Å². The van der Waals surface area contributed by atoms with Crippen molar-refractivity contribution in [2.24, 2.45) is 23.2 Å². The van der Waals surface area contributed by atoms with Crippen molar-refractivity contribution >= 4 is 22.8 Å². The van der Waals surface area contributed by atoms with Crippen LogP contribution in [-0.2, 0) is 20.7 Å². The van der Waals surface area contributed by atoms with Gasteiger partial charge in [0.1, 0.15) is 0 Å². The number of H-pyrrole nitrogens is 1. The molecule has 4 aliphatic carbocycles. The van der Waals surface area contributed by atoms with Crippen LogP contribution in [0.15, 0.2) is 30.5 Å². The largest absolute Gasteiger partial charge is 0.455 e. The van der Waals surface area contributed by atoms with Gasteiger partial charge in [-0.2, -0.15) is 0 Å². The van der Waals surface area contributed by atoms with Gasteiger partial charge in [-0.25, -0.2) is 0 Å². The van der Waals surface area contributed by atoms with E-state index in [1.54, 1.807) is 0 Å². The van der Waals surface area contributed by atoms with Crippen LogP contribution >= 0.6 is 0 Å². The molecule has 6 rings (SSSR count). The van der Waals surface area contributed by atoms with Gasteiger partial charge in [0.15, 0.2) is 6.61 Å². The third-order valence-corrected chi connectivity index (χ3v) is 7.76. The number of nitrogens with one attached hydrogen (secondary N) is 2. The molecule has 4 fully saturated rings. The number of carbonyl (C=O) groups is 2. The molecule has 1 atom stereocenters. The molecule has 5 nitrogen and oxygen atoms in total. The highest BCUT2D eigenvalue weighted by Crippen LogP contribution is 2.61. The summed E-state index contributed by atoms with van der Waals surface area (Å²) in [7, 11) is 0. The number of fused-ring (bicyclic) bond motifs is 1. The zero-order chi connectivity index (χ0) is 20.0. The highest BCUT2D eigenvalue weighted by atomic mass is 16.5. The molecule has 1 aromatic carbocycles. The molecule has 0 spiro atoms. The fraction of sp³-hybridized carbons (Fsp3) is 0.583. The first-order valence-corrected chi connectivity index (χ1v) is 11.0. The van der Waals surface area contributed by atoms with Gasteiger partial charge in [-0.3, -0.25) is 9.59 Å². The lowest BCUT2D eigenvalue weighted by atomic mass is 9.48. The molecule has 2 aromatic rings. The minimum absolute atomic E-state index is 0.149. The van der Waals surface area contributed by atoms with Crippen LogP contribution in [0.2, 0.25) is 0 Å². The zero-order valence-electron chi connectivity index (χ0n) is 17.1. The van der Waals surface area contributed by atoms with E-state index in [0.717, 1.165) is 34.2 Å². The molecule has 0 aliphatic heterocycles. The number of ether oxygens (including phenoxy) is 1. The summed E-state index contributed by atoms with van der Waals surface area (Å²) in [6.45, 7) is 1.96. The van der Waals surface area contributed by atoms with Crippen molar-refractivity contribution in [3.8, 4) is 0 Å². The molecule has 4 bridgehead atoms. The summed E-state index contributed by atoms with van der Waals surface area (Å²) in [5, 5.41) is 4.18. The Bertz CT molecular complexity index is 896. The highest BCUT2D eigenvalue weighted by molar-refractivity contribution is 5.88. The van der Waals surface area contributed by atoms with Crippen LogP contribution in [0.25, 0.3) is 10.9 Å². The molecule has 29 heavy (non-hydrogen) atoms. The number of aromatic amines is 1. The van der Waals surface area contributed by atoms with Crippen LogP contribution in [0.1, 0.15) is 51.0 Å². The van der Waals surface area contributed by atoms with Gasteiger partial charge in [-0.05, 0) is 80.2 Å². The highest BCUT2D eigenvalue weighted by Gasteiger charge is 2.53. The van der Waals surface area contributed by atoms with Gasteiger partial charge in [0, 0.05) is 23.1 Å². The molecular weight excluding hydrogens is 364 g/mol. The second-order valence-corrected chi connectivity index (χ2v) is 9.77. The maximum absolute atomic E-state index is 12.5. The summed E-state index contributed by atoms with van der Waals surface area (Å²) in [6.07, 6.45) is 9.94. The summed E-state index contributed by atoms with van der Waals surface area (Å²) < 4.78 is 5.28. The SMILES string of the molecule is C[C@H](NC(=O)COC(=O)Cc1c[nH]c2ccccc12)C12CC3CC(CC(C3)C1)C2. The monoisotopic (exact) mass is 394 g/mol. The fourth-order valence-electron chi connectivity index (χ4n) is 6.77. The van der Waals surface area contributed by atoms with E-state index in [-0.39, 0.29) is 36.4 Å². The third kappa shape index (κ3) is 3.56. The number of benzene rings is 1. The molecule has 4 aliphatic rings. The molecular formula is C24H30N2O3. The molecule has 1 amide bonds. The smallest absolute Gasteiger partial charge is 0.310 e. The van der Waals surface area contributed by atoms with Crippen molar-refractivity contribution in [2.75, 3.05) is 6.61 Å². The summed E-state index contributed by atoms with van der Waals surface area (Å²) in [5.74, 6) is 2.02. The minimum Gasteiger partial charge on any atom is -0.455 e. The van der Waals surface area contributed by atoms with Crippen molar-refractivity contribution in [3.63, 3.8) is 0 Å².